The Hall–Kier alpha value is -3.95. The van der Waals surface area contributed by atoms with Gasteiger partial charge < -0.3 is 10.5 Å². The highest BCUT2D eigenvalue weighted by molar-refractivity contribution is 5.49. The van der Waals surface area contributed by atoms with E-state index < -0.39 is 17.3 Å². The van der Waals surface area contributed by atoms with Gasteiger partial charge in [0.2, 0.25) is 5.88 Å². The number of anilines is 1. The molecule has 4 aromatic rings. The van der Waals surface area contributed by atoms with E-state index in [4.69, 9.17) is 10.5 Å². The third-order valence-electron chi connectivity index (χ3n) is 4.33. The van der Waals surface area contributed by atoms with Gasteiger partial charge in [-0.25, -0.2) is 18.3 Å². The highest BCUT2D eigenvalue weighted by Gasteiger charge is 2.14. The molecule has 0 fully saturated rings. The first-order valence-electron chi connectivity index (χ1n) is 8.57. The molecule has 29 heavy (non-hydrogen) atoms. The number of hydrogen-bond donors (Lipinski definition) is 1. The lowest BCUT2D eigenvalue weighted by atomic mass is 10.2. The predicted octanol–water partition coefficient (Wildman–Crippen LogP) is 2.47. The number of ether oxygens (including phenoxy) is 1. The summed E-state index contributed by atoms with van der Waals surface area (Å²) in [6, 6.07) is 10.1. The molecule has 2 aromatic heterocycles. The predicted molar refractivity (Wildman–Crippen MR) is 101 cm³/mol. The molecule has 0 aliphatic heterocycles. The maximum atomic E-state index is 13.8. The fraction of sp³-hybridized carbons (Fsp3) is 0.105. The minimum atomic E-state index is -0.722. The van der Waals surface area contributed by atoms with E-state index in [1.165, 1.54) is 23.3 Å². The van der Waals surface area contributed by atoms with Crippen molar-refractivity contribution in [1.82, 2.24) is 24.1 Å². The average Bonchev–Trinajstić information content (AvgIpc) is 3.22. The number of nitrogens with two attached hydrogens (primary N) is 1. The quantitative estimate of drug-likeness (QED) is 0.558. The molecular weight excluding hydrogens is 382 g/mol. The number of halogens is 2. The first kappa shape index (κ1) is 18.4. The Balaban J connectivity index is 1.57. The topological polar surface area (TPSA) is 92.9 Å². The van der Waals surface area contributed by atoms with Crippen molar-refractivity contribution in [1.29, 1.82) is 0 Å². The third kappa shape index (κ3) is 3.47. The molecule has 2 heterocycles. The van der Waals surface area contributed by atoms with Gasteiger partial charge in [0, 0.05) is 12.6 Å². The summed E-state index contributed by atoms with van der Waals surface area (Å²) < 4.78 is 37.1. The van der Waals surface area contributed by atoms with Crippen molar-refractivity contribution in [3.8, 4) is 17.3 Å². The molecule has 2 N–H and O–H groups in total. The summed E-state index contributed by atoms with van der Waals surface area (Å²) >= 11 is 0. The number of aryl methyl sites for hydroxylation is 1. The van der Waals surface area contributed by atoms with Gasteiger partial charge >= 0.3 is 5.69 Å². The van der Waals surface area contributed by atoms with E-state index in [0.717, 1.165) is 21.4 Å². The van der Waals surface area contributed by atoms with E-state index in [0.29, 0.717) is 23.0 Å². The van der Waals surface area contributed by atoms with Crippen LogP contribution in [0.3, 0.4) is 0 Å². The summed E-state index contributed by atoms with van der Waals surface area (Å²) in [5.41, 5.74) is 5.93. The molecule has 0 aliphatic rings. The fourth-order valence-corrected chi connectivity index (χ4v) is 2.81. The van der Waals surface area contributed by atoms with Crippen LogP contribution in [0.4, 0.5) is 14.5 Å². The first-order chi connectivity index (χ1) is 13.9. The molecule has 0 saturated heterocycles. The average molecular weight is 398 g/mol. The molecule has 148 valence electrons. The van der Waals surface area contributed by atoms with Gasteiger partial charge in [-0.2, -0.15) is 14.9 Å². The van der Waals surface area contributed by atoms with Crippen molar-refractivity contribution in [2.24, 2.45) is 7.05 Å². The zero-order valence-corrected chi connectivity index (χ0v) is 15.3. The number of aromatic nitrogens is 5. The minimum Gasteiger partial charge on any atom is -0.437 e. The van der Waals surface area contributed by atoms with E-state index in [9.17, 15) is 13.6 Å². The van der Waals surface area contributed by atoms with E-state index in [-0.39, 0.29) is 12.1 Å². The Bertz CT molecular complexity index is 1190. The van der Waals surface area contributed by atoms with Crippen LogP contribution in [0.5, 0.6) is 11.6 Å². The molecule has 2 aromatic carbocycles. The zero-order valence-electron chi connectivity index (χ0n) is 15.3. The Morgan fingerprint density at radius 2 is 1.76 bits per heavy atom. The van der Waals surface area contributed by atoms with Crippen LogP contribution < -0.4 is 16.2 Å². The second kappa shape index (κ2) is 7.23. The van der Waals surface area contributed by atoms with Gasteiger partial charge in [-0.15, -0.1) is 0 Å². The first-order valence-corrected chi connectivity index (χ1v) is 8.57. The Kier molecular flexibility index (Phi) is 4.59. The molecule has 10 heteroatoms. The second-order valence-electron chi connectivity index (χ2n) is 6.28. The van der Waals surface area contributed by atoms with Crippen molar-refractivity contribution in [3.05, 3.63) is 82.7 Å². The molecule has 0 saturated carbocycles. The SMILES string of the molecule is Cn1ncc(N)c1Oc1ccc(-n2ncn(Cc3c(F)cccc3F)c2=O)cc1. The molecule has 8 nitrogen and oxygen atoms in total. The summed E-state index contributed by atoms with van der Waals surface area (Å²) in [7, 11) is 1.70. The Labute approximate surface area is 163 Å². The summed E-state index contributed by atoms with van der Waals surface area (Å²) in [6.07, 6.45) is 2.71. The van der Waals surface area contributed by atoms with E-state index in [1.807, 2.05) is 0 Å². The van der Waals surface area contributed by atoms with Crippen molar-refractivity contribution >= 4 is 5.69 Å². The molecular formula is C19H16F2N6O2. The standard InChI is InChI=1S/C19H16F2N6O2/c1-25-18(17(22)9-23-25)29-13-7-5-12(6-8-13)27-19(28)26(11-24-27)10-14-15(20)3-2-4-16(14)21/h2-9,11H,10,22H2,1H3. The van der Waals surface area contributed by atoms with Gasteiger partial charge in [0.1, 0.15) is 29.4 Å². The zero-order chi connectivity index (χ0) is 20.5. The largest absolute Gasteiger partial charge is 0.437 e. The maximum Gasteiger partial charge on any atom is 0.350 e. The van der Waals surface area contributed by atoms with Crippen LogP contribution in [0, 0.1) is 11.6 Å². The van der Waals surface area contributed by atoms with E-state index in [2.05, 4.69) is 10.2 Å². The molecule has 4 rings (SSSR count). The van der Waals surface area contributed by atoms with Crippen molar-refractivity contribution in [3.63, 3.8) is 0 Å². The second-order valence-corrected chi connectivity index (χ2v) is 6.28. The van der Waals surface area contributed by atoms with E-state index >= 15 is 0 Å². The Morgan fingerprint density at radius 3 is 2.38 bits per heavy atom. The summed E-state index contributed by atoms with van der Waals surface area (Å²) in [6.45, 7) is -0.266. The fourth-order valence-electron chi connectivity index (χ4n) is 2.81. The van der Waals surface area contributed by atoms with Crippen molar-refractivity contribution in [2.75, 3.05) is 5.73 Å². The van der Waals surface area contributed by atoms with Gasteiger partial charge in [0.05, 0.1) is 18.4 Å². The molecule has 0 amide bonds. The van der Waals surface area contributed by atoms with Crippen LogP contribution in [-0.4, -0.2) is 24.1 Å². The van der Waals surface area contributed by atoms with Gasteiger partial charge in [0.15, 0.2) is 0 Å². The van der Waals surface area contributed by atoms with Crippen LogP contribution in [0.15, 0.2) is 59.8 Å². The highest BCUT2D eigenvalue weighted by Crippen LogP contribution is 2.26. The molecule has 0 atom stereocenters. The van der Waals surface area contributed by atoms with Gasteiger partial charge in [-0.1, -0.05) is 6.07 Å². The molecule has 0 bridgehead atoms. The number of nitrogens with zero attached hydrogens (tertiary/aromatic N) is 5. The highest BCUT2D eigenvalue weighted by atomic mass is 19.1. The summed E-state index contributed by atoms with van der Waals surface area (Å²) in [5, 5.41) is 8.02. The summed E-state index contributed by atoms with van der Waals surface area (Å²) in [5.74, 6) is -0.558. The smallest absolute Gasteiger partial charge is 0.350 e. The van der Waals surface area contributed by atoms with Gasteiger partial charge in [-0.3, -0.25) is 4.57 Å². The summed E-state index contributed by atoms with van der Waals surface area (Å²) in [4.78, 5) is 12.6. The number of nitrogen functional groups attached to an aromatic ring is 1. The lowest BCUT2D eigenvalue weighted by Crippen LogP contribution is -2.24. The number of rotatable bonds is 5. The van der Waals surface area contributed by atoms with Crippen molar-refractivity contribution in [2.45, 2.75) is 6.54 Å². The van der Waals surface area contributed by atoms with Crippen LogP contribution in [0.1, 0.15) is 5.56 Å². The normalized spacial score (nSPS) is 11.0. The Morgan fingerprint density at radius 1 is 1.07 bits per heavy atom. The van der Waals surface area contributed by atoms with Crippen LogP contribution in [-0.2, 0) is 13.6 Å². The third-order valence-corrected chi connectivity index (χ3v) is 4.33. The van der Waals surface area contributed by atoms with Gasteiger partial charge in [0.25, 0.3) is 0 Å². The molecule has 0 aliphatic carbocycles. The number of hydrogen-bond acceptors (Lipinski definition) is 5. The number of benzene rings is 2. The molecule has 0 spiro atoms. The van der Waals surface area contributed by atoms with E-state index in [1.54, 1.807) is 31.3 Å². The lowest BCUT2D eigenvalue weighted by Gasteiger charge is -2.07. The minimum absolute atomic E-state index is 0.202. The van der Waals surface area contributed by atoms with Crippen molar-refractivity contribution < 1.29 is 13.5 Å². The maximum absolute atomic E-state index is 13.8. The monoisotopic (exact) mass is 398 g/mol. The van der Waals surface area contributed by atoms with Crippen LogP contribution in [0.2, 0.25) is 0 Å². The molecule has 0 unspecified atom stereocenters. The van der Waals surface area contributed by atoms with Crippen LogP contribution >= 0.6 is 0 Å². The van der Waals surface area contributed by atoms with Gasteiger partial charge in [-0.05, 0) is 36.4 Å². The lowest BCUT2D eigenvalue weighted by molar-refractivity contribution is 0.432. The molecule has 0 radical (unpaired) electrons. The van der Waals surface area contributed by atoms with Crippen LogP contribution in [0.25, 0.3) is 5.69 Å².